The van der Waals surface area contributed by atoms with Crippen molar-refractivity contribution in [3.63, 3.8) is 0 Å². The maximum atomic E-state index is 13.4. The van der Waals surface area contributed by atoms with Crippen molar-refractivity contribution in [3.05, 3.63) is 92.6 Å². The minimum Gasteiger partial charge on any atom is -0.372 e. The third-order valence-electron chi connectivity index (χ3n) is 5.92. The summed E-state index contributed by atoms with van der Waals surface area (Å²) < 4.78 is 0. The molecule has 4 rings (SSSR count). The summed E-state index contributed by atoms with van der Waals surface area (Å²) in [6, 6.07) is 14.5. The number of benzene rings is 2. The summed E-state index contributed by atoms with van der Waals surface area (Å²) >= 11 is 5.92. The zero-order chi connectivity index (χ0) is 25.1. The number of rotatable bonds is 6. The average molecular weight is 494 g/mol. The molecule has 0 bridgehead atoms. The van der Waals surface area contributed by atoms with Gasteiger partial charge in [0, 0.05) is 63.7 Å². The molecule has 1 fully saturated rings. The quantitative estimate of drug-likeness (QED) is 0.291. The van der Waals surface area contributed by atoms with Gasteiger partial charge in [-0.15, -0.1) is 0 Å². The Hall–Kier alpha value is -3.98. The highest BCUT2D eigenvalue weighted by molar-refractivity contribution is 6.30. The van der Waals surface area contributed by atoms with Gasteiger partial charge in [-0.25, -0.2) is 4.98 Å². The summed E-state index contributed by atoms with van der Waals surface area (Å²) in [5.74, 6) is 0.100. The molecule has 9 nitrogen and oxygen atoms in total. The molecular formula is C25H24ClN5O4. The Balaban J connectivity index is 1.55. The molecule has 0 N–H and O–H groups in total. The first-order chi connectivity index (χ1) is 16.8. The number of carbonyl (C=O) groups is 2. The first-order valence-corrected chi connectivity index (χ1v) is 11.4. The summed E-state index contributed by atoms with van der Waals surface area (Å²) in [7, 11) is 3.39. The van der Waals surface area contributed by atoms with E-state index < -0.39 is 10.7 Å². The summed E-state index contributed by atoms with van der Waals surface area (Å²) in [5, 5.41) is 12.1. The fraction of sp³-hybridized carbons (Fsp3) is 0.240. The number of nitro groups is 1. The number of anilines is 2. The standard InChI is InChI=1S/C25H24ClN5O4/c1-28(2)21-9-7-17(15-22(21)31(34)35)24(32)19-5-3-4-6-20(19)25(33)30-13-11-29(12-14-30)23-10-8-18(26)16-27-23/h3-10,15-16H,11-14H2,1-2H3. The van der Waals surface area contributed by atoms with Crippen LogP contribution in [-0.2, 0) is 0 Å². The van der Waals surface area contributed by atoms with Crippen LogP contribution in [0, 0.1) is 10.1 Å². The molecule has 0 spiro atoms. The Bertz CT molecular complexity index is 1270. The lowest BCUT2D eigenvalue weighted by atomic mass is 9.96. The van der Waals surface area contributed by atoms with Crippen molar-refractivity contribution in [2.45, 2.75) is 0 Å². The second-order valence-electron chi connectivity index (χ2n) is 8.34. The predicted molar refractivity (Wildman–Crippen MR) is 135 cm³/mol. The monoisotopic (exact) mass is 493 g/mol. The Morgan fingerprint density at radius 3 is 2.29 bits per heavy atom. The zero-order valence-electron chi connectivity index (χ0n) is 19.3. The Morgan fingerprint density at radius 2 is 1.69 bits per heavy atom. The maximum absolute atomic E-state index is 13.4. The Labute approximate surface area is 207 Å². The molecule has 1 saturated heterocycles. The highest BCUT2D eigenvalue weighted by Crippen LogP contribution is 2.29. The van der Waals surface area contributed by atoms with Crippen molar-refractivity contribution >= 4 is 40.5 Å². The minimum atomic E-state index is -0.516. The third kappa shape index (κ3) is 5.09. The molecule has 2 aromatic carbocycles. The van der Waals surface area contributed by atoms with Gasteiger partial charge in [0.1, 0.15) is 11.5 Å². The molecule has 0 saturated carbocycles. The molecule has 1 aliphatic heterocycles. The summed E-state index contributed by atoms with van der Waals surface area (Å²) in [6.07, 6.45) is 1.59. The topological polar surface area (TPSA) is 99.9 Å². The van der Waals surface area contributed by atoms with E-state index in [1.54, 1.807) is 72.6 Å². The normalized spacial score (nSPS) is 13.5. The first-order valence-electron chi connectivity index (χ1n) is 11.0. The number of hydrogen-bond donors (Lipinski definition) is 0. The van der Waals surface area contributed by atoms with E-state index in [9.17, 15) is 19.7 Å². The molecule has 10 heteroatoms. The van der Waals surface area contributed by atoms with Gasteiger partial charge in [0.15, 0.2) is 5.78 Å². The summed E-state index contributed by atoms with van der Waals surface area (Å²) in [5.41, 5.74) is 0.864. The van der Waals surface area contributed by atoms with Gasteiger partial charge in [0.2, 0.25) is 0 Å². The number of ketones is 1. The van der Waals surface area contributed by atoms with Gasteiger partial charge in [0.25, 0.3) is 11.6 Å². The Kier molecular flexibility index (Phi) is 6.97. The number of nitro benzene ring substituents is 1. The van der Waals surface area contributed by atoms with Crippen LogP contribution in [0.3, 0.4) is 0 Å². The highest BCUT2D eigenvalue weighted by atomic mass is 35.5. The minimum absolute atomic E-state index is 0.154. The molecule has 1 aliphatic rings. The van der Waals surface area contributed by atoms with Crippen molar-refractivity contribution in [2.24, 2.45) is 0 Å². The number of hydrogen-bond acceptors (Lipinski definition) is 7. The van der Waals surface area contributed by atoms with Crippen molar-refractivity contribution < 1.29 is 14.5 Å². The van der Waals surface area contributed by atoms with E-state index in [4.69, 9.17) is 11.6 Å². The lowest BCUT2D eigenvalue weighted by Gasteiger charge is -2.35. The molecule has 3 aromatic rings. The van der Waals surface area contributed by atoms with Crippen LogP contribution >= 0.6 is 11.6 Å². The second kappa shape index (κ2) is 10.1. The average Bonchev–Trinajstić information content (AvgIpc) is 2.88. The van der Waals surface area contributed by atoms with Crippen LogP contribution in [0.15, 0.2) is 60.8 Å². The van der Waals surface area contributed by atoms with Gasteiger partial charge in [-0.1, -0.05) is 29.8 Å². The fourth-order valence-corrected chi connectivity index (χ4v) is 4.19. The van der Waals surface area contributed by atoms with Crippen LogP contribution in [0.2, 0.25) is 5.02 Å². The lowest BCUT2D eigenvalue weighted by Crippen LogP contribution is -2.49. The van der Waals surface area contributed by atoms with Gasteiger partial charge in [-0.2, -0.15) is 0 Å². The molecule has 1 aromatic heterocycles. The van der Waals surface area contributed by atoms with Crippen LogP contribution in [0.4, 0.5) is 17.2 Å². The van der Waals surface area contributed by atoms with E-state index in [0.717, 1.165) is 5.82 Å². The van der Waals surface area contributed by atoms with Crippen LogP contribution in [-0.4, -0.2) is 66.8 Å². The van der Waals surface area contributed by atoms with Crippen LogP contribution in [0.25, 0.3) is 0 Å². The number of piperazine rings is 1. The van der Waals surface area contributed by atoms with Gasteiger partial charge in [0.05, 0.1) is 15.5 Å². The number of nitrogens with zero attached hydrogens (tertiary/aromatic N) is 5. The summed E-state index contributed by atoms with van der Waals surface area (Å²) in [4.78, 5) is 47.5. The number of pyridine rings is 1. The van der Waals surface area contributed by atoms with Crippen molar-refractivity contribution in [3.8, 4) is 0 Å². The fourth-order valence-electron chi connectivity index (χ4n) is 4.08. The lowest BCUT2D eigenvalue weighted by molar-refractivity contribution is -0.384. The molecule has 1 amide bonds. The van der Waals surface area contributed by atoms with Crippen LogP contribution < -0.4 is 9.80 Å². The molecule has 0 aliphatic carbocycles. The van der Waals surface area contributed by atoms with Crippen molar-refractivity contribution in [2.75, 3.05) is 50.1 Å². The number of halogens is 1. The van der Waals surface area contributed by atoms with E-state index in [-0.39, 0.29) is 28.3 Å². The van der Waals surface area contributed by atoms with Gasteiger partial charge in [-0.3, -0.25) is 19.7 Å². The molecule has 180 valence electrons. The summed E-state index contributed by atoms with van der Waals surface area (Å²) in [6.45, 7) is 2.12. The number of aromatic nitrogens is 1. The SMILES string of the molecule is CN(C)c1ccc(C(=O)c2ccccc2C(=O)N2CCN(c3ccc(Cl)cn3)CC2)cc1[N+](=O)[O-]. The van der Waals surface area contributed by atoms with Gasteiger partial charge >= 0.3 is 0 Å². The van der Waals surface area contributed by atoms with Crippen LogP contribution in [0.5, 0.6) is 0 Å². The highest BCUT2D eigenvalue weighted by Gasteiger charge is 2.27. The zero-order valence-corrected chi connectivity index (χ0v) is 20.1. The number of carbonyl (C=O) groups excluding carboxylic acids is 2. The smallest absolute Gasteiger partial charge is 0.293 e. The van der Waals surface area contributed by atoms with Crippen molar-refractivity contribution in [1.82, 2.24) is 9.88 Å². The van der Waals surface area contributed by atoms with E-state index in [1.807, 2.05) is 6.07 Å². The molecule has 35 heavy (non-hydrogen) atoms. The second-order valence-corrected chi connectivity index (χ2v) is 8.78. The Morgan fingerprint density at radius 1 is 1.00 bits per heavy atom. The molecule has 0 unspecified atom stereocenters. The molecular weight excluding hydrogens is 470 g/mol. The first kappa shape index (κ1) is 24.2. The van der Waals surface area contributed by atoms with Gasteiger partial charge in [-0.05, 0) is 30.3 Å². The van der Waals surface area contributed by atoms with E-state index in [1.165, 1.54) is 6.07 Å². The molecule has 0 radical (unpaired) electrons. The van der Waals surface area contributed by atoms with E-state index in [0.29, 0.717) is 36.9 Å². The van der Waals surface area contributed by atoms with Crippen LogP contribution in [0.1, 0.15) is 26.3 Å². The maximum Gasteiger partial charge on any atom is 0.293 e. The van der Waals surface area contributed by atoms with E-state index in [2.05, 4.69) is 9.88 Å². The van der Waals surface area contributed by atoms with E-state index >= 15 is 0 Å². The molecule has 2 heterocycles. The van der Waals surface area contributed by atoms with Gasteiger partial charge < -0.3 is 14.7 Å². The molecule has 0 atom stereocenters. The van der Waals surface area contributed by atoms with Crippen molar-refractivity contribution in [1.29, 1.82) is 0 Å². The largest absolute Gasteiger partial charge is 0.372 e. The number of amides is 1. The third-order valence-corrected chi connectivity index (χ3v) is 6.14. The predicted octanol–water partition coefficient (Wildman–Crippen LogP) is 3.90.